The van der Waals surface area contributed by atoms with Crippen molar-refractivity contribution in [3.63, 3.8) is 0 Å². The van der Waals surface area contributed by atoms with Gasteiger partial charge in [0, 0.05) is 10.8 Å². The third-order valence-corrected chi connectivity index (χ3v) is 4.98. The van der Waals surface area contributed by atoms with E-state index in [1.165, 1.54) is 6.42 Å². The summed E-state index contributed by atoms with van der Waals surface area (Å²) in [6.45, 7) is 8.56. The van der Waals surface area contributed by atoms with Gasteiger partial charge in [0.2, 0.25) is 0 Å². The van der Waals surface area contributed by atoms with Gasteiger partial charge < -0.3 is 9.47 Å². The molecule has 0 aromatic rings. The third-order valence-electron chi connectivity index (χ3n) is 4.98. The Morgan fingerprint density at radius 3 is 2.42 bits per heavy atom. The molecule has 0 amide bonds. The molecule has 4 nitrogen and oxygen atoms in total. The van der Waals surface area contributed by atoms with Gasteiger partial charge in [-0.05, 0) is 32.1 Å². The van der Waals surface area contributed by atoms with E-state index in [-0.39, 0.29) is 23.4 Å². The molecule has 0 saturated heterocycles. The van der Waals surface area contributed by atoms with Crippen LogP contribution in [0.3, 0.4) is 0 Å². The molecule has 2 fully saturated rings. The number of fused-ring (bicyclic) bond motifs is 2. The molecular formula is C15H24O4. The Hall–Kier alpha value is -1.06. The van der Waals surface area contributed by atoms with Crippen LogP contribution in [-0.2, 0) is 19.1 Å². The minimum Gasteiger partial charge on any atom is -0.466 e. The Morgan fingerprint density at radius 2 is 1.89 bits per heavy atom. The average molecular weight is 268 g/mol. The summed E-state index contributed by atoms with van der Waals surface area (Å²) in [5.41, 5.74) is 0.0931. The van der Waals surface area contributed by atoms with Crippen LogP contribution >= 0.6 is 0 Å². The Balaban J connectivity index is 1.99. The molecule has 4 heteroatoms. The normalized spacial score (nSPS) is 35.2. The maximum Gasteiger partial charge on any atom is 0.317 e. The van der Waals surface area contributed by atoms with Crippen LogP contribution in [-0.4, -0.2) is 24.6 Å². The van der Waals surface area contributed by atoms with E-state index in [0.717, 1.165) is 12.8 Å². The number of carbonyl (C=O) groups excluding carboxylic acids is 2. The fourth-order valence-electron chi connectivity index (χ4n) is 4.05. The lowest BCUT2D eigenvalue weighted by Crippen LogP contribution is -2.43. The number of esters is 2. The van der Waals surface area contributed by atoms with Crippen LogP contribution in [0.15, 0.2) is 0 Å². The predicted molar refractivity (Wildman–Crippen MR) is 70.4 cm³/mol. The average Bonchev–Trinajstić information content (AvgIpc) is 2.76. The van der Waals surface area contributed by atoms with E-state index in [9.17, 15) is 9.59 Å². The summed E-state index contributed by atoms with van der Waals surface area (Å²) >= 11 is 0. The second-order valence-corrected chi connectivity index (χ2v) is 6.77. The van der Waals surface area contributed by atoms with Crippen LogP contribution in [0.4, 0.5) is 0 Å². The molecule has 0 aromatic carbocycles. The van der Waals surface area contributed by atoms with Gasteiger partial charge in [-0.25, -0.2) is 0 Å². The van der Waals surface area contributed by atoms with Crippen molar-refractivity contribution in [3.05, 3.63) is 0 Å². The number of rotatable bonds is 4. The van der Waals surface area contributed by atoms with Crippen molar-refractivity contribution in [2.45, 2.75) is 59.5 Å². The van der Waals surface area contributed by atoms with Crippen LogP contribution in [0.25, 0.3) is 0 Å². The van der Waals surface area contributed by atoms with Gasteiger partial charge in [-0.15, -0.1) is 0 Å². The second-order valence-electron chi connectivity index (χ2n) is 6.77. The molecule has 0 radical (unpaired) electrons. The molecule has 0 aliphatic heterocycles. The minimum atomic E-state index is -0.501. The summed E-state index contributed by atoms with van der Waals surface area (Å²) in [7, 11) is 0. The highest BCUT2D eigenvalue weighted by atomic mass is 16.6. The van der Waals surface area contributed by atoms with Crippen molar-refractivity contribution in [2.75, 3.05) is 6.61 Å². The number of hydrogen-bond acceptors (Lipinski definition) is 4. The molecule has 0 spiro atoms. The van der Waals surface area contributed by atoms with Crippen LogP contribution < -0.4 is 0 Å². The van der Waals surface area contributed by atoms with Crippen LogP contribution in [0.1, 0.15) is 53.4 Å². The minimum absolute atomic E-state index is 0.0112. The molecule has 19 heavy (non-hydrogen) atoms. The summed E-state index contributed by atoms with van der Waals surface area (Å²) in [5.74, 6) is -0.332. The SMILES string of the molecule is CCOC(=O)CC(=O)O[C@H]1C(C)(C)[C@H]2CC[C@]1(C)C2. The summed E-state index contributed by atoms with van der Waals surface area (Å²) in [6, 6.07) is 0. The molecule has 2 aliphatic rings. The van der Waals surface area contributed by atoms with Crippen LogP contribution in [0, 0.1) is 16.7 Å². The lowest BCUT2D eigenvalue weighted by Gasteiger charge is -2.41. The molecule has 2 aliphatic carbocycles. The van der Waals surface area contributed by atoms with Crippen molar-refractivity contribution in [1.82, 2.24) is 0 Å². The zero-order valence-electron chi connectivity index (χ0n) is 12.3. The largest absolute Gasteiger partial charge is 0.466 e. The first-order valence-corrected chi connectivity index (χ1v) is 7.14. The molecule has 0 heterocycles. The third kappa shape index (κ3) is 2.49. The van der Waals surface area contributed by atoms with Gasteiger partial charge in [-0.2, -0.15) is 0 Å². The number of carbonyl (C=O) groups is 2. The van der Waals surface area contributed by atoms with Crippen molar-refractivity contribution >= 4 is 11.9 Å². The van der Waals surface area contributed by atoms with E-state index in [0.29, 0.717) is 12.5 Å². The highest BCUT2D eigenvalue weighted by Gasteiger charge is 2.61. The molecule has 2 saturated carbocycles. The van der Waals surface area contributed by atoms with E-state index in [1.807, 2.05) is 0 Å². The fraction of sp³-hybridized carbons (Fsp3) is 0.867. The van der Waals surface area contributed by atoms with Gasteiger partial charge in [-0.3, -0.25) is 9.59 Å². The molecule has 2 bridgehead atoms. The Bertz CT molecular complexity index is 383. The predicted octanol–water partition coefficient (Wildman–Crippen LogP) is 2.70. The summed E-state index contributed by atoms with van der Waals surface area (Å²) in [6.07, 6.45) is 3.09. The molecule has 3 atom stereocenters. The molecule has 0 N–H and O–H groups in total. The molecule has 0 unspecified atom stereocenters. The molecule has 0 aromatic heterocycles. The van der Waals surface area contributed by atoms with E-state index < -0.39 is 11.9 Å². The first-order chi connectivity index (χ1) is 8.79. The lowest BCUT2D eigenvalue weighted by molar-refractivity contribution is -0.169. The van der Waals surface area contributed by atoms with E-state index >= 15 is 0 Å². The van der Waals surface area contributed by atoms with Crippen molar-refractivity contribution in [3.8, 4) is 0 Å². The second kappa shape index (κ2) is 4.80. The maximum absolute atomic E-state index is 11.9. The zero-order valence-corrected chi connectivity index (χ0v) is 12.3. The monoisotopic (exact) mass is 268 g/mol. The molecular weight excluding hydrogens is 244 g/mol. The van der Waals surface area contributed by atoms with Crippen molar-refractivity contribution in [2.24, 2.45) is 16.7 Å². The lowest BCUT2D eigenvalue weighted by atomic mass is 9.70. The van der Waals surface area contributed by atoms with Gasteiger partial charge in [0.25, 0.3) is 0 Å². The Morgan fingerprint density at radius 1 is 1.21 bits per heavy atom. The first kappa shape index (κ1) is 14.4. The van der Waals surface area contributed by atoms with Crippen molar-refractivity contribution in [1.29, 1.82) is 0 Å². The van der Waals surface area contributed by atoms with Gasteiger partial charge in [0.15, 0.2) is 0 Å². The number of hydrogen-bond donors (Lipinski definition) is 0. The quantitative estimate of drug-likeness (QED) is 0.581. The smallest absolute Gasteiger partial charge is 0.317 e. The molecule has 108 valence electrons. The highest BCUT2D eigenvalue weighted by Crippen LogP contribution is 2.63. The maximum atomic E-state index is 11.9. The highest BCUT2D eigenvalue weighted by molar-refractivity contribution is 5.91. The van der Waals surface area contributed by atoms with Crippen LogP contribution in [0.2, 0.25) is 0 Å². The first-order valence-electron chi connectivity index (χ1n) is 7.14. The van der Waals surface area contributed by atoms with Gasteiger partial charge in [0.1, 0.15) is 12.5 Å². The van der Waals surface area contributed by atoms with Crippen LogP contribution in [0.5, 0.6) is 0 Å². The van der Waals surface area contributed by atoms with Gasteiger partial charge >= 0.3 is 11.9 Å². The number of ether oxygens (including phenoxy) is 2. The zero-order chi connectivity index (χ0) is 14.3. The van der Waals surface area contributed by atoms with E-state index in [2.05, 4.69) is 20.8 Å². The topological polar surface area (TPSA) is 52.6 Å². The summed E-state index contributed by atoms with van der Waals surface area (Å²) in [5, 5.41) is 0. The van der Waals surface area contributed by atoms with E-state index in [1.54, 1.807) is 6.92 Å². The summed E-state index contributed by atoms with van der Waals surface area (Å²) in [4.78, 5) is 23.2. The Labute approximate surface area is 114 Å². The fourth-order valence-corrected chi connectivity index (χ4v) is 4.05. The molecule has 2 rings (SSSR count). The van der Waals surface area contributed by atoms with Gasteiger partial charge in [-0.1, -0.05) is 20.8 Å². The van der Waals surface area contributed by atoms with E-state index in [4.69, 9.17) is 9.47 Å². The Kier molecular flexibility index (Phi) is 3.63. The standard InChI is InChI=1S/C15H24O4/c1-5-18-11(16)8-12(17)19-13-14(2,3)10-6-7-15(13,4)9-10/h10,13H,5-9H2,1-4H3/t10-,13-,15+/m0/s1. The summed E-state index contributed by atoms with van der Waals surface area (Å²) < 4.78 is 10.4. The van der Waals surface area contributed by atoms with Crippen molar-refractivity contribution < 1.29 is 19.1 Å². The van der Waals surface area contributed by atoms with Gasteiger partial charge in [0.05, 0.1) is 6.61 Å².